The lowest BCUT2D eigenvalue weighted by atomic mass is 10.1. The van der Waals surface area contributed by atoms with E-state index in [2.05, 4.69) is 35.9 Å². The van der Waals surface area contributed by atoms with Crippen molar-refractivity contribution in [2.75, 3.05) is 40.3 Å². The molecule has 0 amide bonds. The van der Waals surface area contributed by atoms with E-state index in [1.807, 2.05) is 12.1 Å². The number of rotatable bonds is 5. The zero-order valence-corrected chi connectivity index (χ0v) is 13.6. The Morgan fingerprint density at radius 1 is 1.38 bits per heavy atom. The zero-order valence-electron chi connectivity index (χ0n) is 13.6. The summed E-state index contributed by atoms with van der Waals surface area (Å²) in [7, 11) is 3.91. The van der Waals surface area contributed by atoms with Crippen LogP contribution in [0.4, 0.5) is 0 Å². The van der Waals surface area contributed by atoms with Gasteiger partial charge in [0.1, 0.15) is 5.75 Å². The highest BCUT2D eigenvalue weighted by molar-refractivity contribution is 5.30. The van der Waals surface area contributed by atoms with Gasteiger partial charge in [0.25, 0.3) is 0 Å². The van der Waals surface area contributed by atoms with Gasteiger partial charge in [-0.15, -0.1) is 0 Å². The summed E-state index contributed by atoms with van der Waals surface area (Å²) in [4.78, 5) is 5.00. The van der Waals surface area contributed by atoms with E-state index in [4.69, 9.17) is 10.5 Å². The van der Waals surface area contributed by atoms with Gasteiger partial charge in [0.15, 0.2) is 0 Å². The highest BCUT2D eigenvalue weighted by Crippen LogP contribution is 2.21. The second-order valence-electron chi connectivity index (χ2n) is 6.06. The summed E-state index contributed by atoms with van der Waals surface area (Å²) in [5.74, 6) is 0.880. The molecule has 1 aromatic rings. The number of methoxy groups -OCH3 is 1. The Labute approximate surface area is 128 Å². The van der Waals surface area contributed by atoms with E-state index in [1.54, 1.807) is 7.11 Å². The quantitative estimate of drug-likeness (QED) is 0.902. The van der Waals surface area contributed by atoms with Crippen LogP contribution in [0.15, 0.2) is 24.3 Å². The Balaban J connectivity index is 2.04. The second-order valence-corrected chi connectivity index (χ2v) is 6.06. The molecule has 1 heterocycles. The van der Waals surface area contributed by atoms with E-state index in [0.717, 1.165) is 30.9 Å². The molecule has 2 unspecified atom stereocenters. The van der Waals surface area contributed by atoms with Crippen molar-refractivity contribution in [1.29, 1.82) is 0 Å². The molecule has 0 aliphatic carbocycles. The van der Waals surface area contributed by atoms with Gasteiger partial charge in [-0.25, -0.2) is 0 Å². The van der Waals surface area contributed by atoms with Crippen molar-refractivity contribution in [2.24, 2.45) is 5.73 Å². The third kappa shape index (κ3) is 4.43. The molecular formula is C17H29N3O. The SMILES string of the molecule is CCC1CN(C)CCCN1CC(N)c1cccc(OC)c1. The highest BCUT2D eigenvalue weighted by atomic mass is 16.5. The number of hydrogen-bond acceptors (Lipinski definition) is 4. The minimum absolute atomic E-state index is 0.0394. The van der Waals surface area contributed by atoms with Crippen LogP contribution in [0.25, 0.3) is 0 Å². The maximum atomic E-state index is 6.44. The van der Waals surface area contributed by atoms with Gasteiger partial charge in [-0.3, -0.25) is 4.90 Å². The van der Waals surface area contributed by atoms with E-state index in [1.165, 1.54) is 19.4 Å². The minimum atomic E-state index is 0.0394. The summed E-state index contributed by atoms with van der Waals surface area (Å²) in [6.45, 7) is 6.65. The number of hydrogen-bond donors (Lipinski definition) is 1. The molecule has 0 radical (unpaired) electrons. The van der Waals surface area contributed by atoms with Crippen LogP contribution in [0.2, 0.25) is 0 Å². The first-order valence-electron chi connectivity index (χ1n) is 7.96. The molecule has 21 heavy (non-hydrogen) atoms. The monoisotopic (exact) mass is 291 g/mol. The fraction of sp³-hybridized carbons (Fsp3) is 0.647. The Hall–Kier alpha value is -1.10. The number of likely N-dealkylation sites (N-methyl/N-ethyl adjacent to an activating group) is 1. The Morgan fingerprint density at radius 2 is 2.19 bits per heavy atom. The van der Waals surface area contributed by atoms with Gasteiger partial charge in [-0.05, 0) is 50.7 Å². The van der Waals surface area contributed by atoms with Crippen LogP contribution in [-0.4, -0.2) is 56.2 Å². The number of ether oxygens (including phenoxy) is 1. The molecule has 0 saturated carbocycles. The molecular weight excluding hydrogens is 262 g/mol. The lowest BCUT2D eigenvalue weighted by molar-refractivity contribution is 0.174. The lowest BCUT2D eigenvalue weighted by Gasteiger charge is -2.32. The van der Waals surface area contributed by atoms with E-state index in [9.17, 15) is 0 Å². The normalized spacial score (nSPS) is 22.8. The van der Waals surface area contributed by atoms with Gasteiger partial charge in [0.2, 0.25) is 0 Å². The summed E-state index contributed by atoms with van der Waals surface area (Å²) in [6, 6.07) is 8.77. The molecule has 4 nitrogen and oxygen atoms in total. The van der Waals surface area contributed by atoms with Crippen molar-refractivity contribution < 1.29 is 4.74 Å². The van der Waals surface area contributed by atoms with Crippen LogP contribution >= 0.6 is 0 Å². The molecule has 0 spiro atoms. The summed E-state index contributed by atoms with van der Waals surface area (Å²) >= 11 is 0. The van der Waals surface area contributed by atoms with Crippen LogP contribution in [0, 0.1) is 0 Å². The van der Waals surface area contributed by atoms with Crippen molar-refractivity contribution in [1.82, 2.24) is 9.80 Å². The Morgan fingerprint density at radius 3 is 2.90 bits per heavy atom. The van der Waals surface area contributed by atoms with Gasteiger partial charge >= 0.3 is 0 Å². The zero-order chi connectivity index (χ0) is 15.2. The lowest BCUT2D eigenvalue weighted by Crippen LogP contribution is -2.43. The molecule has 2 rings (SSSR count). The molecule has 118 valence electrons. The van der Waals surface area contributed by atoms with Crippen molar-refractivity contribution in [2.45, 2.75) is 31.8 Å². The minimum Gasteiger partial charge on any atom is -0.497 e. The average molecular weight is 291 g/mol. The van der Waals surface area contributed by atoms with Crippen molar-refractivity contribution in [3.05, 3.63) is 29.8 Å². The van der Waals surface area contributed by atoms with Crippen LogP contribution in [0.3, 0.4) is 0 Å². The van der Waals surface area contributed by atoms with E-state index in [-0.39, 0.29) is 6.04 Å². The summed E-state index contributed by atoms with van der Waals surface area (Å²) < 4.78 is 5.30. The smallest absolute Gasteiger partial charge is 0.119 e. The summed E-state index contributed by atoms with van der Waals surface area (Å²) in [6.07, 6.45) is 2.40. The molecule has 2 atom stereocenters. The fourth-order valence-electron chi connectivity index (χ4n) is 3.15. The topological polar surface area (TPSA) is 41.7 Å². The molecule has 1 fully saturated rings. The number of nitrogens with two attached hydrogens (primary N) is 1. The molecule has 1 aliphatic heterocycles. The molecule has 1 aliphatic rings. The van der Waals surface area contributed by atoms with Gasteiger partial charge in [-0.2, -0.15) is 0 Å². The predicted molar refractivity (Wildman–Crippen MR) is 87.7 cm³/mol. The first-order valence-corrected chi connectivity index (χ1v) is 7.96. The third-order valence-electron chi connectivity index (χ3n) is 4.45. The first kappa shape index (κ1) is 16.3. The molecule has 0 bridgehead atoms. The average Bonchev–Trinajstić information content (AvgIpc) is 2.68. The van der Waals surface area contributed by atoms with Crippen LogP contribution in [-0.2, 0) is 0 Å². The number of benzene rings is 1. The van der Waals surface area contributed by atoms with Crippen molar-refractivity contribution in [3.63, 3.8) is 0 Å². The molecule has 1 saturated heterocycles. The maximum Gasteiger partial charge on any atom is 0.119 e. The van der Waals surface area contributed by atoms with Crippen molar-refractivity contribution >= 4 is 0 Å². The Bertz CT molecular complexity index is 438. The van der Waals surface area contributed by atoms with Crippen LogP contribution in [0.1, 0.15) is 31.4 Å². The van der Waals surface area contributed by atoms with E-state index < -0.39 is 0 Å². The molecule has 1 aromatic carbocycles. The second kappa shape index (κ2) is 7.78. The third-order valence-corrected chi connectivity index (χ3v) is 4.45. The maximum absolute atomic E-state index is 6.44. The van der Waals surface area contributed by atoms with Gasteiger partial charge < -0.3 is 15.4 Å². The van der Waals surface area contributed by atoms with Gasteiger partial charge in [0.05, 0.1) is 7.11 Å². The summed E-state index contributed by atoms with van der Waals surface area (Å²) in [5.41, 5.74) is 7.60. The standard InChI is InChI=1S/C17H29N3O/c1-4-15-12-19(2)9-6-10-20(15)13-17(18)14-7-5-8-16(11-14)21-3/h5,7-8,11,15,17H,4,6,9-10,12-13,18H2,1-3H3. The summed E-state index contributed by atoms with van der Waals surface area (Å²) in [5, 5.41) is 0. The van der Waals surface area contributed by atoms with Crippen molar-refractivity contribution in [3.8, 4) is 5.75 Å². The highest BCUT2D eigenvalue weighted by Gasteiger charge is 2.23. The van der Waals surface area contributed by atoms with E-state index >= 15 is 0 Å². The predicted octanol–water partition coefficient (Wildman–Crippen LogP) is 2.11. The Kier molecular flexibility index (Phi) is 6.03. The molecule has 4 heteroatoms. The van der Waals surface area contributed by atoms with Gasteiger partial charge in [-0.1, -0.05) is 19.1 Å². The first-order chi connectivity index (χ1) is 10.1. The molecule has 0 aromatic heterocycles. The molecule has 2 N–H and O–H groups in total. The van der Waals surface area contributed by atoms with Gasteiger partial charge in [0, 0.05) is 25.2 Å². The van der Waals surface area contributed by atoms with Crippen LogP contribution in [0.5, 0.6) is 5.75 Å². The van der Waals surface area contributed by atoms with Crippen LogP contribution < -0.4 is 10.5 Å². The number of nitrogens with zero attached hydrogens (tertiary/aromatic N) is 2. The fourth-order valence-corrected chi connectivity index (χ4v) is 3.15. The van der Waals surface area contributed by atoms with E-state index in [0.29, 0.717) is 6.04 Å². The largest absolute Gasteiger partial charge is 0.497 e.